The summed E-state index contributed by atoms with van der Waals surface area (Å²) in [5, 5.41) is 6.01. The lowest BCUT2D eigenvalue weighted by Gasteiger charge is -1.95. The fourth-order valence-corrected chi connectivity index (χ4v) is 4.92. The van der Waals surface area contributed by atoms with E-state index >= 15 is 0 Å². The van der Waals surface area contributed by atoms with E-state index in [1.165, 1.54) is 0 Å². The molecule has 0 aliphatic carbocycles. The topological polar surface area (TPSA) is 26.3 Å². The van der Waals surface area contributed by atoms with E-state index in [1.54, 1.807) is 0 Å². The lowest BCUT2D eigenvalue weighted by atomic mass is 10.2. The third-order valence-corrected chi connectivity index (χ3v) is 8.29. The van der Waals surface area contributed by atoms with E-state index < -0.39 is 0 Å². The van der Waals surface area contributed by atoms with Crippen LogP contribution in [0.4, 0.5) is 0 Å². The van der Waals surface area contributed by atoms with Crippen LogP contribution in [-0.4, -0.2) is 0 Å². The van der Waals surface area contributed by atoms with Crippen molar-refractivity contribution in [1.29, 1.82) is 0 Å². The van der Waals surface area contributed by atoms with Gasteiger partial charge in [0.05, 0.1) is 17.2 Å². The highest BCUT2D eigenvalue weighted by Crippen LogP contribution is 2.35. The average molecular weight is 657 g/mol. The number of furan rings is 2. The second kappa shape index (κ2) is 8.22. The zero-order chi connectivity index (χ0) is 20.8. The molecule has 2 aromatic heterocycles. The summed E-state index contributed by atoms with van der Waals surface area (Å²) in [6.45, 7) is 0. The third-order valence-electron chi connectivity index (χ3n) is 4.88. The van der Waals surface area contributed by atoms with Crippen molar-refractivity contribution in [2.75, 3.05) is 0 Å². The Bertz CT molecular complexity index is 1430. The normalized spacial score (nSPS) is 11.3. The molecule has 2 heterocycles. The predicted molar refractivity (Wildman–Crippen MR) is 143 cm³/mol. The minimum atomic E-state index is 0.738. The number of halogens is 4. The Hall–Kier alpha value is -1.48. The molecule has 6 aromatic rings. The maximum absolute atomic E-state index is 6.05. The van der Waals surface area contributed by atoms with E-state index in [9.17, 15) is 0 Å². The molecule has 0 radical (unpaired) electrons. The first-order chi connectivity index (χ1) is 14.5. The van der Waals surface area contributed by atoms with Gasteiger partial charge in [-0.2, -0.15) is 0 Å². The van der Waals surface area contributed by atoms with Crippen molar-refractivity contribution in [3.8, 4) is 0 Å². The molecular weight excluding hydrogens is 645 g/mol. The Kier molecular flexibility index (Phi) is 5.60. The van der Waals surface area contributed by atoms with Crippen LogP contribution in [0.1, 0.15) is 0 Å². The molecule has 0 fully saturated rings. The predicted octanol–water partition coefficient (Wildman–Crippen LogP) is 9.69. The molecule has 0 spiro atoms. The van der Waals surface area contributed by atoms with Gasteiger partial charge >= 0.3 is 0 Å². The van der Waals surface area contributed by atoms with Crippen molar-refractivity contribution < 1.29 is 8.83 Å². The van der Waals surface area contributed by atoms with E-state index in [2.05, 4.69) is 57.3 Å². The van der Waals surface area contributed by atoms with E-state index in [0.717, 1.165) is 61.1 Å². The molecule has 0 amide bonds. The van der Waals surface area contributed by atoms with Gasteiger partial charge in [-0.1, -0.05) is 59.6 Å². The minimum Gasteiger partial charge on any atom is -0.455 e. The SMILES string of the molecule is Clc1ccc2c(oc3ccccc32)c1I.Clc1ccc2c(oc3ccccc32)c1I. The van der Waals surface area contributed by atoms with Crippen LogP contribution in [0.15, 0.2) is 81.6 Å². The molecule has 0 bridgehead atoms. The zero-order valence-electron chi connectivity index (χ0n) is 15.3. The maximum atomic E-state index is 6.05. The lowest BCUT2D eigenvalue weighted by Crippen LogP contribution is -1.74. The van der Waals surface area contributed by atoms with Crippen molar-refractivity contribution in [3.05, 3.63) is 90.0 Å². The van der Waals surface area contributed by atoms with Gasteiger partial charge in [0.25, 0.3) is 0 Å². The Morgan fingerprint density at radius 3 is 1.33 bits per heavy atom. The van der Waals surface area contributed by atoms with Crippen molar-refractivity contribution in [2.24, 2.45) is 0 Å². The Balaban J connectivity index is 0.000000128. The molecule has 0 atom stereocenters. The van der Waals surface area contributed by atoms with Gasteiger partial charge in [0.15, 0.2) is 0 Å². The number of benzene rings is 4. The second-order valence-corrected chi connectivity index (χ2v) is 9.64. The molecule has 0 unspecified atom stereocenters. The number of para-hydroxylation sites is 2. The van der Waals surface area contributed by atoms with Crippen LogP contribution in [0, 0.1) is 7.14 Å². The van der Waals surface area contributed by atoms with Gasteiger partial charge in [-0.25, -0.2) is 0 Å². The zero-order valence-corrected chi connectivity index (χ0v) is 21.1. The number of hydrogen-bond donors (Lipinski definition) is 0. The average Bonchev–Trinajstić information content (AvgIpc) is 3.33. The van der Waals surface area contributed by atoms with E-state index in [0.29, 0.717) is 0 Å². The highest BCUT2D eigenvalue weighted by atomic mass is 127. The monoisotopic (exact) mass is 656 g/mol. The van der Waals surface area contributed by atoms with Crippen LogP contribution in [-0.2, 0) is 0 Å². The van der Waals surface area contributed by atoms with Gasteiger partial charge in [0.1, 0.15) is 22.3 Å². The fraction of sp³-hybridized carbons (Fsp3) is 0. The summed E-state index contributed by atoms with van der Waals surface area (Å²) in [6.07, 6.45) is 0. The van der Waals surface area contributed by atoms with Crippen LogP contribution < -0.4 is 0 Å². The van der Waals surface area contributed by atoms with Crippen LogP contribution in [0.3, 0.4) is 0 Å². The summed E-state index contributed by atoms with van der Waals surface area (Å²) < 4.78 is 13.5. The number of hydrogen-bond acceptors (Lipinski definition) is 2. The van der Waals surface area contributed by atoms with Gasteiger partial charge in [-0.05, 0) is 81.6 Å². The molecule has 0 saturated carbocycles. The van der Waals surface area contributed by atoms with Gasteiger partial charge < -0.3 is 8.83 Å². The van der Waals surface area contributed by atoms with Gasteiger partial charge in [-0.3, -0.25) is 0 Å². The molecular formula is C24H12Cl2I2O2. The lowest BCUT2D eigenvalue weighted by molar-refractivity contribution is 0.666. The van der Waals surface area contributed by atoms with Crippen LogP contribution in [0.25, 0.3) is 43.9 Å². The van der Waals surface area contributed by atoms with Crippen LogP contribution in [0.5, 0.6) is 0 Å². The molecule has 30 heavy (non-hydrogen) atoms. The van der Waals surface area contributed by atoms with Crippen molar-refractivity contribution in [2.45, 2.75) is 0 Å². The molecule has 0 N–H and O–H groups in total. The Morgan fingerprint density at radius 1 is 0.500 bits per heavy atom. The number of fused-ring (bicyclic) bond motifs is 6. The van der Waals surface area contributed by atoms with Gasteiger partial charge in [-0.15, -0.1) is 0 Å². The Labute approximate surface area is 209 Å². The van der Waals surface area contributed by atoms with Gasteiger partial charge in [0.2, 0.25) is 0 Å². The first-order valence-electron chi connectivity index (χ1n) is 9.05. The molecule has 0 aliphatic heterocycles. The summed E-state index contributed by atoms with van der Waals surface area (Å²) in [4.78, 5) is 0. The van der Waals surface area contributed by atoms with Crippen molar-refractivity contribution in [1.82, 2.24) is 0 Å². The maximum Gasteiger partial charge on any atom is 0.150 e. The Morgan fingerprint density at radius 2 is 0.900 bits per heavy atom. The van der Waals surface area contributed by atoms with Crippen LogP contribution in [0.2, 0.25) is 10.0 Å². The highest BCUT2D eigenvalue weighted by molar-refractivity contribution is 14.1. The first kappa shape index (κ1) is 20.4. The van der Waals surface area contributed by atoms with Gasteiger partial charge in [0, 0.05) is 21.5 Å². The third kappa shape index (κ3) is 3.47. The molecule has 148 valence electrons. The standard InChI is InChI=1S/2C12H6ClIO/c2*13-9-6-5-8-7-3-1-2-4-10(7)15-12(8)11(9)14/h2*1-6H. The van der Waals surface area contributed by atoms with Crippen molar-refractivity contribution >= 4 is 112 Å². The largest absolute Gasteiger partial charge is 0.455 e. The molecule has 0 saturated heterocycles. The number of rotatable bonds is 0. The first-order valence-corrected chi connectivity index (χ1v) is 12.0. The molecule has 6 rings (SSSR count). The summed E-state index contributed by atoms with van der Waals surface area (Å²) in [5.74, 6) is 0. The van der Waals surface area contributed by atoms with Crippen LogP contribution >= 0.6 is 68.4 Å². The molecule has 0 aliphatic rings. The second-order valence-electron chi connectivity index (χ2n) is 6.67. The van der Waals surface area contributed by atoms with E-state index in [-0.39, 0.29) is 0 Å². The highest BCUT2D eigenvalue weighted by Gasteiger charge is 2.12. The summed E-state index contributed by atoms with van der Waals surface area (Å²) >= 11 is 16.5. The smallest absolute Gasteiger partial charge is 0.150 e. The molecule has 6 heteroatoms. The molecule has 2 nitrogen and oxygen atoms in total. The quantitative estimate of drug-likeness (QED) is 0.152. The summed E-state index contributed by atoms with van der Waals surface area (Å²) in [5.41, 5.74) is 3.58. The fourth-order valence-electron chi connectivity index (χ4n) is 3.46. The van der Waals surface area contributed by atoms with Crippen molar-refractivity contribution in [3.63, 3.8) is 0 Å². The summed E-state index contributed by atoms with van der Waals surface area (Å²) in [6, 6.07) is 23.9. The summed E-state index contributed by atoms with van der Waals surface area (Å²) in [7, 11) is 0. The van der Waals surface area contributed by atoms with E-state index in [1.807, 2.05) is 60.7 Å². The van der Waals surface area contributed by atoms with E-state index in [4.69, 9.17) is 32.0 Å². The minimum absolute atomic E-state index is 0.738. The molecule has 4 aromatic carbocycles.